The molecule has 0 bridgehead atoms. The summed E-state index contributed by atoms with van der Waals surface area (Å²) in [7, 11) is 0. The summed E-state index contributed by atoms with van der Waals surface area (Å²) in [6.07, 6.45) is -0.153. The molecule has 0 heterocycles. The van der Waals surface area contributed by atoms with Crippen LogP contribution in [0.5, 0.6) is 0 Å². The maximum Gasteiger partial charge on any atom is 0.305 e. The molecule has 0 aliphatic heterocycles. The second-order valence-corrected chi connectivity index (χ2v) is 1.31. The molecule has 0 saturated heterocycles. The van der Waals surface area contributed by atoms with Crippen molar-refractivity contribution in [3.05, 3.63) is 0 Å². The van der Waals surface area contributed by atoms with Gasteiger partial charge in [-0.15, -0.1) is 0 Å². The molecule has 4 N–H and O–H groups in total. The van der Waals surface area contributed by atoms with Crippen molar-refractivity contribution < 1.29 is 25.2 Å². The van der Waals surface area contributed by atoms with Gasteiger partial charge in [0.05, 0.1) is 26.2 Å². The molecule has 5 nitrogen and oxygen atoms in total. The summed E-state index contributed by atoms with van der Waals surface area (Å²) in [5, 5.41) is 30.9. The Balaban J connectivity index is 0. The number of aliphatic hydroxyl groups is 3. The van der Waals surface area contributed by atoms with Gasteiger partial charge in [-0.2, -0.15) is 0 Å². The highest BCUT2D eigenvalue weighted by molar-refractivity contribution is 5.66. The number of hydrogen-bond donors (Lipinski definition) is 4. The second-order valence-electron chi connectivity index (χ2n) is 1.31. The van der Waals surface area contributed by atoms with Crippen LogP contribution >= 0.6 is 0 Å². The minimum Gasteiger partial charge on any atom is -0.481 e. The van der Waals surface area contributed by atoms with Crippen molar-refractivity contribution in [2.24, 2.45) is 0 Å². The summed E-state index contributed by atoms with van der Waals surface area (Å²) in [5.41, 5.74) is 0. The summed E-state index contributed by atoms with van der Waals surface area (Å²) in [4.78, 5) is 9.44. The SMILES string of the molecule is O=C(O)CCO.OCCO. The smallest absolute Gasteiger partial charge is 0.305 e. The molecule has 0 aliphatic carbocycles. The number of carboxylic acid groups (broad SMARTS) is 1. The number of rotatable bonds is 3. The number of aliphatic hydroxyl groups excluding tert-OH is 3. The van der Waals surface area contributed by atoms with Crippen LogP contribution in [0.25, 0.3) is 0 Å². The monoisotopic (exact) mass is 152 g/mol. The fourth-order valence-electron chi connectivity index (χ4n) is 0.0956. The lowest BCUT2D eigenvalue weighted by atomic mass is 10.5. The first-order chi connectivity index (χ1) is 4.68. The largest absolute Gasteiger partial charge is 0.481 e. The van der Waals surface area contributed by atoms with Gasteiger partial charge in [-0.3, -0.25) is 4.79 Å². The Labute approximate surface area is 58.5 Å². The molecule has 62 valence electrons. The van der Waals surface area contributed by atoms with Gasteiger partial charge in [0.15, 0.2) is 0 Å². The van der Waals surface area contributed by atoms with Gasteiger partial charge in [0.2, 0.25) is 0 Å². The quantitative estimate of drug-likeness (QED) is 0.391. The van der Waals surface area contributed by atoms with Gasteiger partial charge >= 0.3 is 5.97 Å². The van der Waals surface area contributed by atoms with E-state index in [-0.39, 0.29) is 26.2 Å². The molecule has 10 heavy (non-hydrogen) atoms. The van der Waals surface area contributed by atoms with Crippen LogP contribution in [0.1, 0.15) is 6.42 Å². The molecular formula is C5H12O5. The molecule has 5 heteroatoms. The molecule has 0 aromatic carbocycles. The predicted octanol–water partition coefficient (Wildman–Crippen LogP) is -1.58. The van der Waals surface area contributed by atoms with Crippen LogP contribution in [-0.2, 0) is 4.79 Å². The fraction of sp³-hybridized carbons (Fsp3) is 0.800. The molecule has 0 rings (SSSR count). The van der Waals surface area contributed by atoms with E-state index in [0.29, 0.717) is 0 Å². The lowest BCUT2D eigenvalue weighted by Crippen LogP contribution is -1.96. The van der Waals surface area contributed by atoms with Crippen LogP contribution in [0.2, 0.25) is 0 Å². The first kappa shape index (κ1) is 12.1. The lowest BCUT2D eigenvalue weighted by Gasteiger charge is -1.79. The van der Waals surface area contributed by atoms with Gasteiger partial charge in [0.25, 0.3) is 0 Å². The van der Waals surface area contributed by atoms with Crippen molar-refractivity contribution in [3.63, 3.8) is 0 Å². The zero-order valence-corrected chi connectivity index (χ0v) is 5.53. The maximum atomic E-state index is 9.44. The molecular weight excluding hydrogens is 140 g/mol. The zero-order chi connectivity index (χ0) is 8.41. The van der Waals surface area contributed by atoms with Crippen LogP contribution in [0.4, 0.5) is 0 Å². The third kappa shape index (κ3) is 26.4. The summed E-state index contributed by atoms with van der Waals surface area (Å²) in [5.74, 6) is -0.961. The molecule has 0 aliphatic rings. The molecule has 0 aromatic rings. The fourth-order valence-corrected chi connectivity index (χ4v) is 0.0956. The van der Waals surface area contributed by atoms with Crippen molar-refractivity contribution in [1.29, 1.82) is 0 Å². The van der Waals surface area contributed by atoms with E-state index < -0.39 is 5.97 Å². The topological polar surface area (TPSA) is 98.0 Å². The predicted molar refractivity (Wildman–Crippen MR) is 33.5 cm³/mol. The van der Waals surface area contributed by atoms with E-state index in [1.54, 1.807) is 0 Å². The molecule has 0 saturated carbocycles. The van der Waals surface area contributed by atoms with Gasteiger partial charge in [-0.1, -0.05) is 0 Å². The number of hydrogen-bond acceptors (Lipinski definition) is 4. The van der Waals surface area contributed by atoms with Crippen LogP contribution in [0.15, 0.2) is 0 Å². The van der Waals surface area contributed by atoms with Crippen molar-refractivity contribution in [3.8, 4) is 0 Å². The Hall–Kier alpha value is -0.650. The van der Waals surface area contributed by atoms with Crippen LogP contribution in [0, 0.1) is 0 Å². The Morgan fingerprint density at radius 2 is 1.40 bits per heavy atom. The maximum absolute atomic E-state index is 9.44. The van der Waals surface area contributed by atoms with Gasteiger partial charge in [0, 0.05) is 0 Å². The molecule has 0 radical (unpaired) electrons. The Morgan fingerprint density at radius 1 is 1.00 bits per heavy atom. The van der Waals surface area contributed by atoms with E-state index in [1.807, 2.05) is 0 Å². The molecule has 0 atom stereocenters. The van der Waals surface area contributed by atoms with Crippen LogP contribution < -0.4 is 0 Å². The van der Waals surface area contributed by atoms with Crippen molar-refractivity contribution in [2.45, 2.75) is 6.42 Å². The first-order valence-corrected chi connectivity index (χ1v) is 2.73. The molecule has 0 spiro atoms. The summed E-state index contributed by atoms with van der Waals surface area (Å²) in [6, 6.07) is 0. The first-order valence-electron chi connectivity index (χ1n) is 2.73. The third-order valence-electron chi connectivity index (χ3n) is 0.426. The van der Waals surface area contributed by atoms with Gasteiger partial charge in [-0.25, -0.2) is 0 Å². The summed E-state index contributed by atoms with van der Waals surface area (Å²) >= 11 is 0. The van der Waals surface area contributed by atoms with E-state index in [9.17, 15) is 4.79 Å². The Bertz CT molecular complexity index is 70.4. The highest BCUT2D eigenvalue weighted by atomic mass is 16.4. The number of carbonyl (C=O) groups is 1. The van der Waals surface area contributed by atoms with E-state index in [4.69, 9.17) is 20.4 Å². The van der Waals surface area contributed by atoms with Crippen molar-refractivity contribution in [1.82, 2.24) is 0 Å². The summed E-state index contributed by atoms with van der Waals surface area (Å²) in [6.45, 7) is -0.519. The van der Waals surface area contributed by atoms with E-state index in [1.165, 1.54) is 0 Å². The van der Waals surface area contributed by atoms with Crippen molar-refractivity contribution in [2.75, 3.05) is 19.8 Å². The van der Waals surface area contributed by atoms with Gasteiger partial charge in [-0.05, 0) is 0 Å². The third-order valence-corrected chi connectivity index (χ3v) is 0.426. The summed E-state index contributed by atoms with van der Waals surface area (Å²) < 4.78 is 0. The highest BCUT2D eigenvalue weighted by Gasteiger charge is 1.88. The van der Waals surface area contributed by atoms with Crippen LogP contribution in [-0.4, -0.2) is 46.2 Å². The molecule has 0 fully saturated rings. The van der Waals surface area contributed by atoms with Crippen LogP contribution in [0.3, 0.4) is 0 Å². The molecule has 0 unspecified atom stereocenters. The van der Waals surface area contributed by atoms with E-state index >= 15 is 0 Å². The average Bonchev–Trinajstić information content (AvgIpc) is 1.89. The minimum atomic E-state index is -0.961. The molecule has 0 amide bonds. The number of carboxylic acids is 1. The van der Waals surface area contributed by atoms with E-state index in [0.717, 1.165) is 0 Å². The second kappa shape index (κ2) is 11.2. The Kier molecular flexibility index (Phi) is 13.5. The minimum absolute atomic E-state index is 0.125. The number of aliphatic carboxylic acids is 1. The highest BCUT2D eigenvalue weighted by Crippen LogP contribution is 1.70. The van der Waals surface area contributed by atoms with E-state index in [2.05, 4.69) is 0 Å². The Morgan fingerprint density at radius 3 is 1.40 bits per heavy atom. The average molecular weight is 152 g/mol. The van der Waals surface area contributed by atoms with Gasteiger partial charge < -0.3 is 20.4 Å². The molecule has 0 aromatic heterocycles. The lowest BCUT2D eigenvalue weighted by molar-refractivity contribution is -0.137. The zero-order valence-electron chi connectivity index (χ0n) is 5.53. The standard InChI is InChI=1S/C3H6O3.C2H6O2/c4-2-1-3(5)6;3-1-2-4/h4H,1-2H2,(H,5,6);3-4H,1-2H2. The van der Waals surface area contributed by atoms with Gasteiger partial charge in [0.1, 0.15) is 0 Å². The normalized spacial score (nSPS) is 7.90. The van der Waals surface area contributed by atoms with Crippen molar-refractivity contribution >= 4 is 5.97 Å².